The summed E-state index contributed by atoms with van der Waals surface area (Å²) in [6.45, 7) is 3.27. The molecule has 74 valence electrons. The number of benzene rings is 1. The Morgan fingerprint density at radius 1 is 1.29 bits per heavy atom. The Kier molecular flexibility index (Phi) is 6.89. The van der Waals surface area contributed by atoms with Gasteiger partial charge in [0.05, 0.1) is 7.11 Å². The predicted molar refractivity (Wildman–Crippen MR) is 57.3 cm³/mol. The van der Waals surface area contributed by atoms with Crippen LogP contribution in [0, 0.1) is 11.8 Å². The van der Waals surface area contributed by atoms with Gasteiger partial charge in [0.2, 0.25) is 0 Å². The molecule has 1 rings (SSSR count). The van der Waals surface area contributed by atoms with Crippen LogP contribution in [0.1, 0.15) is 19.4 Å². The summed E-state index contributed by atoms with van der Waals surface area (Å²) in [5.74, 6) is 6.65. The zero-order valence-corrected chi connectivity index (χ0v) is 8.70. The van der Waals surface area contributed by atoms with Gasteiger partial charge in [-0.25, -0.2) is 0 Å². The highest BCUT2D eigenvalue weighted by atomic mass is 16.5. The third-order valence-electron chi connectivity index (χ3n) is 1.36. The quantitative estimate of drug-likeness (QED) is 0.501. The van der Waals surface area contributed by atoms with Crippen molar-refractivity contribution in [1.29, 1.82) is 0 Å². The molecule has 0 fully saturated rings. The molecule has 0 saturated heterocycles. The normalized spacial score (nSPS) is 7.36. The maximum Gasteiger partial charge on any atom is 0.118 e. The number of aldehydes is 1. The first-order valence-corrected chi connectivity index (χ1v) is 4.25. The molecule has 0 aliphatic rings. The summed E-state index contributed by atoms with van der Waals surface area (Å²) in [4.78, 5) is 8.81. The van der Waals surface area contributed by atoms with Gasteiger partial charge in [-0.05, 0) is 38.1 Å². The lowest BCUT2D eigenvalue weighted by Crippen LogP contribution is -1.81. The number of ether oxygens (including phenoxy) is 1. The lowest BCUT2D eigenvalue weighted by molar-refractivity contribution is -0.106. The van der Waals surface area contributed by atoms with Crippen LogP contribution in [0.25, 0.3) is 0 Å². The van der Waals surface area contributed by atoms with Crippen molar-refractivity contribution in [3.63, 3.8) is 0 Å². The lowest BCUT2D eigenvalue weighted by atomic mass is 10.2. The van der Waals surface area contributed by atoms with Gasteiger partial charge >= 0.3 is 0 Å². The van der Waals surface area contributed by atoms with E-state index < -0.39 is 0 Å². The van der Waals surface area contributed by atoms with Crippen molar-refractivity contribution >= 4 is 6.29 Å². The zero-order chi connectivity index (χ0) is 10.8. The molecule has 1 aromatic carbocycles. The van der Waals surface area contributed by atoms with E-state index in [4.69, 9.17) is 9.53 Å². The second kappa shape index (κ2) is 7.88. The second-order valence-corrected chi connectivity index (χ2v) is 2.34. The van der Waals surface area contributed by atoms with Crippen LogP contribution in [0.5, 0.6) is 5.75 Å². The minimum absolute atomic E-state index is 0.750. The summed E-state index contributed by atoms with van der Waals surface area (Å²) in [7, 11) is 1.65. The van der Waals surface area contributed by atoms with Gasteiger partial charge in [0.15, 0.2) is 0 Å². The fraction of sp³-hybridized carbons (Fsp3) is 0.250. The fourth-order valence-corrected chi connectivity index (χ4v) is 0.819. The molecule has 2 heteroatoms. The Balaban J connectivity index is 0.000000500. The van der Waals surface area contributed by atoms with E-state index in [1.54, 1.807) is 7.11 Å². The first-order chi connectivity index (χ1) is 6.78. The largest absolute Gasteiger partial charge is 0.497 e. The molecule has 0 aromatic heterocycles. The van der Waals surface area contributed by atoms with E-state index in [-0.39, 0.29) is 0 Å². The molecule has 0 aliphatic heterocycles. The highest BCUT2D eigenvalue weighted by molar-refractivity contribution is 5.44. The molecule has 0 spiro atoms. The van der Waals surface area contributed by atoms with Gasteiger partial charge in [-0.2, -0.15) is 0 Å². The summed E-state index contributed by atoms with van der Waals surface area (Å²) in [6, 6.07) is 7.68. The molecular formula is C12H14O2. The molecule has 0 radical (unpaired) electrons. The van der Waals surface area contributed by atoms with Crippen LogP contribution in [0.15, 0.2) is 24.3 Å². The average molecular weight is 190 g/mol. The predicted octanol–water partition coefficient (Wildman–Crippen LogP) is 2.27. The van der Waals surface area contributed by atoms with Crippen molar-refractivity contribution in [3.05, 3.63) is 29.8 Å². The molecule has 0 atom stereocenters. The highest BCUT2D eigenvalue weighted by Crippen LogP contribution is 2.09. The Bertz CT molecular complexity index is 314. The molecule has 0 aliphatic carbocycles. The van der Waals surface area contributed by atoms with Crippen LogP contribution in [0.3, 0.4) is 0 Å². The molecular weight excluding hydrogens is 176 g/mol. The zero-order valence-electron chi connectivity index (χ0n) is 8.70. The number of carbonyl (C=O) groups excluding carboxylic acids is 1. The van der Waals surface area contributed by atoms with E-state index in [2.05, 4.69) is 11.8 Å². The molecule has 0 unspecified atom stereocenters. The Morgan fingerprint density at radius 2 is 1.79 bits per heavy atom. The number of hydrogen-bond acceptors (Lipinski definition) is 2. The van der Waals surface area contributed by atoms with Crippen molar-refractivity contribution in [3.8, 4) is 17.6 Å². The average Bonchev–Trinajstić information content (AvgIpc) is 2.21. The minimum atomic E-state index is 0.750. The molecule has 0 bridgehead atoms. The first-order valence-electron chi connectivity index (χ1n) is 4.25. The van der Waals surface area contributed by atoms with Gasteiger partial charge < -0.3 is 9.53 Å². The minimum Gasteiger partial charge on any atom is -0.497 e. The topological polar surface area (TPSA) is 26.3 Å². The summed E-state index contributed by atoms with van der Waals surface area (Å²) >= 11 is 0. The van der Waals surface area contributed by atoms with E-state index in [1.165, 1.54) is 6.92 Å². The first kappa shape index (κ1) is 12.2. The van der Waals surface area contributed by atoms with Crippen molar-refractivity contribution in [1.82, 2.24) is 0 Å². The van der Waals surface area contributed by atoms with Crippen molar-refractivity contribution in [2.45, 2.75) is 13.8 Å². The van der Waals surface area contributed by atoms with Crippen molar-refractivity contribution in [2.24, 2.45) is 0 Å². The molecule has 14 heavy (non-hydrogen) atoms. The van der Waals surface area contributed by atoms with E-state index >= 15 is 0 Å². The van der Waals surface area contributed by atoms with Crippen molar-refractivity contribution in [2.75, 3.05) is 7.11 Å². The van der Waals surface area contributed by atoms with E-state index in [0.717, 1.165) is 17.6 Å². The number of rotatable bonds is 1. The third-order valence-corrected chi connectivity index (χ3v) is 1.36. The van der Waals surface area contributed by atoms with Gasteiger partial charge in [-0.1, -0.05) is 5.92 Å². The smallest absolute Gasteiger partial charge is 0.118 e. The Morgan fingerprint density at radius 3 is 2.14 bits per heavy atom. The van der Waals surface area contributed by atoms with E-state index in [0.29, 0.717) is 0 Å². The van der Waals surface area contributed by atoms with Gasteiger partial charge in [0.1, 0.15) is 12.0 Å². The van der Waals surface area contributed by atoms with Crippen molar-refractivity contribution < 1.29 is 9.53 Å². The molecule has 0 amide bonds. The molecule has 1 aromatic rings. The number of methoxy groups -OCH3 is 1. The molecule has 0 heterocycles. The number of hydrogen-bond donors (Lipinski definition) is 0. The summed E-state index contributed by atoms with van der Waals surface area (Å²) in [6.07, 6.45) is 0.750. The summed E-state index contributed by atoms with van der Waals surface area (Å²) in [5.41, 5.74) is 1.02. The van der Waals surface area contributed by atoms with Crippen LogP contribution in [0.2, 0.25) is 0 Å². The molecule has 0 saturated carbocycles. The van der Waals surface area contributed by atoms with E-state index in [1.807, 2.05) is 31.2 Å². The lowest BCUT2D eigenvalue weighted by Gasteiger charge is -1.96. The maximum atomic E-state index is 8.81. The van der Waals surface area contributed by atoms with Crippen LogP contribution in [-0.4, -0.2) is 13.4 Å². The van der Waals surface area contributed by atoms with Gasteiger partial charge in [-0.15, -0.1) is 5.92 Å². The fourth-order valence-electron chi connectivity index (χ4n) is 0.819. The van der Waals surface area contributed by atoms with Crippen LogP contribution < -0.4 is 4.74 Å². The van der Waals surface area contributed by atoms with Gasteiger partial charge in [0, 0.05) is 5.56 Å². The van der Waals surface area contributed by atoms with Crippen LogP contribution in [0.4, 0.5) is 0 Å². The summed E-state index contributed by atoms with van der Waals surface area (Å²) in [5, 5.41) is 0. The highest BCUT2D eigenvalue weighted by Gasteiger charge is 1.88. The summed E-state index contributed by atoms with van der Waals surface area (Å²) < 4.78 is 5.00. The second-order valence-electron chi connectivity index (χ2n) is 2.34. The molecule has 0 N–H and O–H groups in total. The monoisotopic (exact) mass is 190 g/mol. The Labute approximate surface area is 84.9 Å². The van der Waals surface area contributed by atoms with E-state index in [9.17, 15) is 0 Å². The van der Waals surface area contributed by atoms with Crippen LogP contribution >= 0.6 is 0 Å². The maximum absolute atomic E-state index is 8.81. The van der Waals surface area contributed by atoms with Gasteiger partial charge in [-0.3, -0.25) is 0 Å². The third kappa shape index (κ3) is 5.00. The Hall–Kier alpha value is -1.75. The standard InChI is InChI=1S/C10H10O.C2H4O/c1-3-4-9-5-7-10(11-2)8-6-9;1-2-3/h5-8H,1-2H3;2H,1H3. The number of carbonyl (C=O) groups is 1. The molecule has 2 nitrogen and oxygen atoms in total. The SMILES string of the molecule is CC#Cc1ccc(OC)cc1.CC=O. The van der Waals surface area contributed by atoms with Gasteiger partial charge in [0.25, 0.3) is 0 Å². The van der Waals surface area contributed by atoms with Crippen LogP contribution in [-0.2, 0) is 4.79 Å².